The number of nitrogens with one attached hydrogen (secondary N) is 2. The van der Waals surface area contributed by atoms with E-state index < -0.39 is 0 Å². The number of alkyl halides is 2. The minimum absolute atomic E-state index is 0.153. The number of hydrogen-bond acceptors (Lipinski definition) is 3. The number of nitrogens with zero attached hydrogens (tertiary/aromatic N) is 1. The molecule has 2 aromatic rings. The zero-order chi connectivity index (χ0) is 17.4. The monoisotopic (exact) mass is 451 g/mol. The Morgan fingerprint density at radius 2 is 1.50 bits per heavy atom. The number of carbonyl (C=O) groups is 2. The van der Waals surface area contributed by atoms with Gasteiger partial charge >= 0.3 is 0 Å². The van der Waals surface area contributed by atoms with Crippen LogP contribution >= 0.6 is 31.9 Å². The van der Waals surface area contributed by atoms with Gasteiger partial charge in [-0.15, -0.1) is 0 Å². The zero-order valence-corrected chi connectivity index (χ0v) is 15.8. The maximum Gasteiger partial charge on any atom is 0.250 e. The first-order chi connectivity index (χ1) is 11.7. The molecule has 0 aromatic heterocycles. The third kappa shape index (κ3) is 5.01. The molecular formula is C17H15Br2N3O2. The van der Waals surface area contributed by atoms with E-state index in [4.69, 9.17) is 0 Å². The summed E-state index contributed by atoms with van der Waals surface area (Å²) in [6.45, 7) is 0. The predicted molar refractivity (Wildman–Crippen MR) is 103 cm³/mol. The van der Waals surface area contributed by atoms with Gasteiger partial charge in [-0.3, -0.25) is 9.59 Å². The highest BCUT2D eigenvalue weighted by Crippen LogP contribution is 2.20. The molecule has 2 rings (SSSR count). The number of halogens is 2. The molecule has 124 valence electrons. The fourth-order valence-electron chi connectivity index (χ4n) is 2.01. The van der Waals surface area contributed by atoms with Gasteiger partial charge in [0.1, 0.15) is 0 Å². The summed E-state index contributed by atoms with van der Waals surface area (Å²) in [6.07, 6.45) is 0. The van der Waals surface area contributed by atoms with Gasteiger partial charge in [0.05, 0.1) is 22.1 Å². The highest BCUT2D eigenvalue weighted by atomic mass is 79.9. The molecule has 0 aliphatic rings. The van der Waals surface area contributed by atoms with E-state index in [2.05, 4.69) is 47.7 Å². The topological polar surface area (TPSA) is 70.6 Å². The Hall–Kier alpha value is -1.99. The molecule has 2 aromatic carbocycles. The minimum Gasteiger partial charge on any atom is -0.325 e. The largest absolute Gasteiger partial charge is 0.325 e. The number of amides is 2. The van der Waals surface area contributed by atoms with E-state index in [0.717, 1.165) is 5.56 Å². The van der Waals surface area contributed by atoms with Crippen LogP contribution in [0.15, 0.2) is 59.7 Å². The summed E-state index contributed by atoms with van der Waals surface area (Å²) in [4.78, 5) is 23.3. The van der Waals surface area contributed by atoms with E-state index in [1.165, 1.54) is 0 Å². The van der Waals surface area contributed by atoms with Crippen LogP contribution in [0.2, 0.25) is 0 Å². The number of hydrazone groups is 1. The molecular weight excluding hydrogens is 438 g/mol. The quantitative estimate of drug-likeness (QED) is 0.401. The summed E-state index contributed by atoms with van der Waals surface area (Å²) >= 11 is 6.22. The van der Waals surface area contributed by atoms with Gasteiger partial charge in [-0.05, 0) is 6.07 Å². The second-order valence-electron chi connectivity index (χ2n) is 4.72. The van der Waals surface area contributed by atoms with Crippen molar-refractivity contribution in [3.05, 3.63) is 65.7 Å². The molecule has 0 aliphatic heterocycles. The Morgan fingerprint density at radius 1 is 0.875 bits per heavy atom. The fourth-order valence-corrected chi connectivity index (χ4v) is 2.27. The van der Waals surface area contributed by atoms with Crippen LogP contribution in [0.5, 0.6) is 0 Å². The van der Waals surface area contributed by atoms with Crippen molar-refractivity contribution >= 4 is 55.1 Å². The second kappa shape index (κ2) is 9.34. The van der Waals surface area contributed by atoms with Crippen molar-refractivity contribution in [3.63, 3.8) is 0 Å². The molecule has 0 heterocycles. The average molecular weight is 453 g/mol. The molecule has 0 spiro atoms. The summed E-state index contributed by atoms with van der Waals surface area (Å²) in [5.41, 5.74) is 5.23. The molecule has 2 N–H and O–H groups in total. The van der Waals surface area contributed by atoms with Crippen LogP contribution in [-0.4, -0.2) is 28.2 Å². The van der Waals surface area contributed by atoms with E-state index >= 15 is 0 Å². The third-order valence-electron chi connectivity index (χ3n) is 3.04. The number of rotatable bonds is 6. The fraction of sp³-hybridized carbons (Fsp3) is 0.118. The molecule has 24 heavy (non-hydrogen) atoms. The van der Waals surface area contributed by atoms with Gasteiger partial charge < -0.3 is 5.32 Å². The minimum atomic E-state index is -0.259. The van der Waals surface area contributed by atoms with Gasteiger partial charge in [-0.1, -0.05) is 80.4 Å². The summed E-state index contributed by atoms with van der Waals surface area (Å²) in [7, 11) is 0. The Kier molecular flexibility index (Phi) is 7.14. The van der Waals surface area contributed by atoms with Crippen molar-refractivity contribution in [2.45, 2.75) is 0 Å². The van der Waals surface area contributed by atoms with E-state index in [9.17, 15) is 9.59 Å². The Morgan fingerprint density at radius 3 is 2.17 bits per heavy atom. The lowest BCUT2D eigenvalue weighted by molar-refractivity contribution is -0.118. The van der Waals surface area contributed by atoms with Crippen molar-refractivity contribution < 1.29 is 9.59 Å². The molecule has 2 amide bonds. The molecule has 0 saturated heterocycles. The van der Waals surface area contributed by atoms with E-state index in [1.54, 1.807) is 6.07 Å². The lowest BCUT2D eigenvalue weighted by Crippen LogP contribution is -2.22. The predicted octanol–water partition coefficient (Wildman–Crippen LogP) is 3.28. The zero-order valence-electron chi connectivity index (χ0n) is 12.6. The van der Waals surface area contributed by atoms with Crippen molar-refractivity contribution in [1.82, 2.24) is 5.43 Å². The number of hydrogen-bond donors (Lipinski definition) is 2. The molecule has 0 aliphatic carbocycles. The van der Waals surface area contributed by atoms with Crippen LogP contribution in [0.3, 0.4) is 0 Å². The van der Waals surface area contributed by atoms with E-state index in [-0.39, 0.29) is 22.5 Å². The highest BCUT2D eigenvalue weighted by molar-refractivity contribution is 9.09. The van der Waals surface area contributed by atoms with Crippen molar-refractivity contribution in [2.24, 2.45) is 5.10 Å². The van der Waals surface area contributed by atoms with Crippen LogP contribution in [0.4, 0.5) is 5.69 Å². The summed E-state index contributed by atoms with van der Waals surface area (Å²) in [5.74, 6) is -0.426. The van der Waals surface area contributed by atoms with Gasteiger partial charge in [-0.25, -0.2) is 5.43 Å². The molecule has 0 saturated carbocycles. The summed E-state index contributed by atoms with van der Waals surface area (Å²) < 4.78 is 0. The molecule has 0 atom stereocenters. The molecule has 0 unspecified atom stereocenters. The molecule has 7 heteroatoms. The number of anilines is 1. The van der Waals surface area contributed by atoms with Gasteiger partial charge in [0.2, 0.25) is 5.91 Å². The average Bonchev–Trinajstić information content (AvgIpc) is 2.63. The SMILES string of the molecule is O=C(CBr)NN=C(c1ccccc1)c1ccccc1NC(=O)CBr. The third-order valence-corrected chi connectivity index (χ3v) is 4.06. The van der Waals surface area contributed by atoms with Crippen LogP contribution < -0.4 is 10.7 Å². The van der Waals surface area contributed by atoms with Crippen LogP contribution in [0.1, 0.15) is 11.1 Å². The lowest BCUT2D eigenvalue weighted by Gasteiger charge is -2.13. The van der Waals surface area contributed by atoms with E-state index in [1.807, 2.05) is 48.5 Å². The smallest absolute Gasteiger partial charge is 0.250 e. The first-order valence-corrected chi connectivity index (χ1v) is 9.33. The normalized spacial score (nSPS) is 11.0. The van der Waals surface area contributed by atoms with Gasteiger partial charge in [0, 0.05) is 11.1 Å². The number of benzene rings is 2. The molecule has 0 radical (unpaired) electrons. The van der Waals surface area contributed by atoms with Gasteiger partial charge in [0.15, 0.2) is 0 Å². The van der Waals surface area contributed by atoms with Crippen molar-refractivity contribution in [2.75, 3.05) is 16.0 Å². The molecule has 0 bridgehead atoms. The summed E-state index contributed by atoms with van der Waals surface area (Å²) in [5, 5.41) is 7.42. The maximum absolute atomic E-state index is 11.7. The lowest BCUT2D eigenvalue weighted by atomic mass is 10.0. The molecule has 0 fully saturated rings. The first-order valence-electron chi connectivity index (χ1n) is 7.09. The highest BCUT2D eigenvalue weighted by Gasteiger charge is 2.13. The second-order valence-corrected chi connectivity index (χ2v) is 5.84. The van der Waals surface area contributed by atoms with Gasteiger partial charge in [0.25, 0.3) is 5.91 Å². The van der Waals surface area contributed by atoms with Crippen molar-refractivity contribution in [3.8, 4) is 0 Å². The van der Waals surface area contributed by atoms with Gasteiger partial charge in [-0.2, -0.15) is 5.10 Å². The Balaban J connectivity index is 2.48. The standard InChI is InChI=1S/C17H15Br2N3O2/c18-10-15(23)20-14-9-5-4-8-13(14)17(22-21-16(24)11-19)12-6-2-1-3-7-12/h1-9H,10-11H2,(H,20,23)(H,21,24). The van der Waals surface area contributed by atoms with E-state index in [0.29, 0.717) is 17.0 Å². The van der Waals surface area contributed by atoms with Crippen LogP contribution in [0.25, 0.3) is 0 Å². The Bertz CT molecular complexity index is 749. The van der Waals surface area contributed by atoms with Crippen molar-refractivity contribution in [1.29, 1.82) is 0 Å². The van der Waals surface area contributed by atoms with Crippen LogP contribution in [-0.2, 0) is 9.59 Å². The maximum atomic E-state index is 11.7. The molecule has 5 nitrogen and oxygen atoms in total. The Labute approximate surface area is 156 Å². The first kappa shape index (κ1) is 18.4. The number of carbonyl (C=O) groups excluding carboxylic acids is 2. The number of para-hydroxylation sites is 1. The van der Waals surface area contributed by atoms with Crippen LogP contribution in [0, 0.1) is 0 Å². The summed E-state index contributed by atoms with van der Waals surface area (Å²) in [6, 6.07) is 16.8.